The maximum absolute atomic E-state index is 6.89. The van der Waals surface area contributed by atoms with Gasteiger partial charge in [-0.3, -0.25) is 0 Å². The van der Waals surface area contributed by atoms with E-state index < -0.39 is 0 Å². The second-order valence-corrected chi connectivity index (χ2v) is 16.7. The third-order valence-electron chi connectivity index (χ3n) is 12.2. The third-order valence-corrected chi connectivity index (χ3v) is 13.4. The number of hydrogen-bond donors (Lipinski definition) is 0. The van der Waals surface area contributed by atoms with Gasteiger partial charge in [0.2, 0.25) is 0 Å². The molecule has 56 heavy (non-hydrogen) atoms. The number of furan rings is 1. The highest BCUT2D eigenvalue weighted by Gasteiger charge is 2.37. The fourth-order valence-corrected chi connectivity index (χ4v) is 10.9. The summed E-state index contributed by atoms with van der Waals surface area (Å²) < 4.78 is 9.34. The van der Waals surface area contributed by atoms with E-state index in [4.69, 9.17) is 4.42 Å². The molecular formula is C53H35NOS. The summed E-state index contributed by atoms with van der Waals surface area (Å²) in [4.78, 5) is 2.46. The van der Waals surface area contributed by atoms with E-state index in [1.807, 2.05) is 11.3 Å². The van der Waals surface area contributed by atoms with Crippen molar-refractivity contribution in [2.75, 3.05) is 4.90 Å². The Bertz CT molecular complexity index is 3400. The molecule has 0 fully saturated rings. The van der Waals surface area contributed by atoms with E-state index in [0.717, 1.165) is 44.4 Å². The zero-order valence-corrected chi connectivity index (χ0v) is 31.8. The lowest BCUT2D eigenvalue weighted by Gasteiger charge is -2.28. The first kappa shape index (κ1) is 31.6. The van der Waals surface area contributed by atoms with Crippen molar-refractivity contribution >= 4 is 92.1 Å². The summed E-state index contributed by atoms with van der Waals surface area (Å²) in [7, 11) is 0. The first-order valence-electron chi connectivity index (χ1n) is 19.3. The van der Waals surface area contributed by atoms with Gasteiger partial charge in [-0.2, -0.15) is 0 Å². The summed E-state index contributed by atoms with van der Waals surface area (Å²) >= 11 is 1.85. The second-order valence-electron chi connectivity index (χ2n) is 15.6. The van der Waals surface area contributed by atoms with Crippen LogP contribution in [0.4, 0.5) is 17.1 Å². The summed E-state index contributed by atoms with van der Waals surface area (Å²) in [6, 6.07) is 64.5. The van der Waals surface area contributed by atoms with Gasteiger partial charge in [0.15, 0.2) is 0 Å². The molecule has 0 bridgehead atoms. The van der Waals surface area contributed by atoms with Crippen LogP contribution in [0, 0.1) is 0 Å². The lowest BCUT2D eigenvalue weighted by molar-refractivity contribution is 0.662. The summed E-state index contributed by atoms with van der Waals surface area (Å²) in [5.74, 6) is 0. The van der Waals surface area contributed by atoms with E-state index in [9.17, 15) is 0 Å². The van der Waals surface area contributed by atoms with Gasteiger partial charge in [0.05, 0.1) is 16.1 Å². The number of fused-ring (bicyclic) bond motifs is 13. The minimum atomic E-state index is -0.0919. The first-order chi connectivity index (χ1) is 27.5. The molecule has 0 spiro atoms. The van der Waals surface area contributed by atoms with Crippen LogP contribution in [-0.2, 0) is 5.41 Å². The largest absolute Gasteiger partial charge is 0.455 e. The average molecular weight is 734 g/mol. The molecule has 0 radical (unpaired) electrons. The first-order valence-corrected chi connectivity index (χ1v) is 20.2. The molecule has 0 unspecified atom stereocenters. The zero-order chi connectivity index (χ0) is 37.1. The Morgan fingerprint density at radius 1 is 0.464 bits per heavy atom. The van der Waals surface area contributed by atoms with Gasteiger partial charge in [-0.1, -0.05) is 147 Å². The van der Waals surface area contributed by atoms with Gasteiger partial charge in [0.1, 0.15) is 11.2 Å². The highest BCUT2D eigenvalue weighted by atomic mass is 32.1. The lowest BCUT2D eigenvalue weighted by atomic mass is 9.79. The third kappa shape index (κ3) is 4.38. The predicted octanol–water partition coefficient (Wildman–Crippen LogP) is 15.7. The Balaban J connectivity index is 1.07. The number of anilines is 3. The van der Waals surface area contributed by atoms with E-state index in [0.29, 0.717) is 0 Å². The van der Waals surface area contributed by atoms with Crippen molar-refractivity contribution in [2.45, 2.75) is 19.3 Å². The van der Waals surface area contributed by atoms with Crippen molar-refractivity contribution in [1.29, 1.82) is 0 Å². The van der Waals surface area contributed by atoms with Crippen LogP contribution in [0.1, 0.15) is 25.0 Å². The van der Waals surface area contributed by atoms with Crippen LogP contribution < -0.4 is 4.90 Å². The molecule has 0 saturated carbocycles. The van der Waals surface area contributed by atoms with E-state index in [1.54, 1.807) is 0 Å². The van der Waals surface area contributed by atoms with Crippen LogP contribution in [0.15, 0.2) is 180 Å². The molecule has 2 heterocycles. The standard InChI is InChI=1S/C53H35NOS/c1-53(2)44-21-8-7-17-39(44)40-19-10-18-37(49(40)53)34-24-27-35(28-25-34)54(45-22-9-14-32-12-3-5-15-36(32)45)46-23-11-20-43-48-47(56-52(43)46)31-30-42-41-29-26-33-13-4-6-16-38(33)50(41)55-51(42)48/h3-31H,1-2H3. The average Bonchev–Trinajstić information content (AvgIpc) is 3.90. The highest BCUT2D eigenvalue weighted by molar-refractivity contribution is 7.26. The fourth-order valence-electron chi connectivity index (χ4n) is 9.69. The smallest absolute Gasteiger partial charge is 0.144 e. The molecule has 0 atom stereocenters. The van der Waals surface area contributed by atoms with Crippen LogP contribution in [0.25, 0.3) is 85.9 Å². The molecule has 12 rings (SSSR count). The molecule has 3 heteroatoms. The summed E-state index contributed by atoms with van der Waals surface area (Å²) in [6.45, 7) is 4.73. The Morgan fingerprint density at radius 3 is 1.96 bits per heavy atom. The van der Waals surface area contributed by atoms with Crippen molar-refractivity contribution in [3.8, 4) is 22.3 Å². The minimum absolute atomic E-state index is 0.0919. The van der Waals surface area contributed by atoms with E-state index in [-0.39, 0.29) is 5.41 Å². The number of nitrogens with zero attached hydrogens (tertiary/aromatic N) is 1. The number of hydrogen-bond acceptors (Lipinski definition) is 3. The van der Waals surface area contributed by atoms with Crippen LogP contribution in [-0.4, -0.2) is 0 Å². The monoisotopic (exact) mass is 733 g/mol. The predicted molar refractivity (Wildman–Crippen MR) is 239 cm³/mol. The molecule has 2 nitrogen and oxygen atoms in total. The van der Waals surface area contributed by atoms with Crippen LogP contribution in [0.5, 0.6) is 0 Å². The Morgan fingerprint density at radius 2 is 1.09 bits per heavy atom. The fraction of sp³-hybridized carbons (Fsp3) is 0.0566. The van der Waals surface area contributed by atoms with Crippen molar-refractivity contribution in [3.05, 3.63) is 187 Å². The van der Waals surface area contributed by atoms with Crippen LogP contribution in [0.2, 0.25) is 0 Å². The minimum Gasteiger partial charge on any atom is -0.455 e. The normalized spacial score (nSPS) is 13.3. The van der Waals surface area contributed by atoms with Gasteiger partial charge >= 0.3 is 0 Å². The molecule has 9 aromatic carbocycles. The maximum Gasteiger partial charge on any atom is 0.144 e. The molecule has 0 amide bonds. The zero-order valence-electron chi connectivity index (χ0n) is 31.0. The molecular weight excluding hydrogens is 699 g/mol. The van der Waals surface area contributed by atoms with Crippen LogP contribution >= 0.6 is 11.3 Å². The molecule has 11 aromatic rings. The van der Waals surface area contributed by atoms with Crippen molar-refractivity contribution < 1.29 is 4.42 Å². The van der Waals surface area contributed by atoms with Gasteiger partial charge in [-0.05, 0) is 86.6 Å². The quantitative estimate of drug-likeness (QED) is 0.179. The van der Waals surface area contributed by atoms with E-state index >= 15 is 0 Å². The SMILES string of the molecule is CC1(C)c2ccccc2-c2cccc(-c3ccc(N(c4cccc5ccccc45)c4cccc5c4sc4ccc6c7ccc8ccccc8c7oc6c45)cc3)c21. The second kappa shape index (κ2) is 11.7. The Kier molecular flexibility index (Phi) is 6.59. The number of rotatable bonds is 4. The molecule has 1 aliphatic carbocycles. The Hall–Kier alpha value is -6.68. The highest BCUT2D eigenvalue weighted by Crippen LogP contribution is 2.53. The molecule has 0 N–H and O–H groups in total. The van der Waals surface area contributed by atoms with Gasteiger partial charge in [-0.15, -0.1) is 11.3 Å². The van der Waals surface area contributed by atoms with Crippen molar-refractivity contribution in [1.82, 2.24) is 0 Å². The molecule has 1 aliphatic rings. The summed E-state index contributed by atoms with van der Waals surface area (Å²) in [6.07, 6.45) is 0. The molecule has 264 valence electrons. The summed E-state index contributed by atoms with van der Waals surface area (Å²) in [5, 5.41) is 9.47. The summed E-state index contributed by atoms with van der Waals surface area (Å²) in [5.41, 5.74) is 13.2. The van der Waals surface area contributed by atoms with Gasteiger partial charge in [0.25, 0.3) is 0 Å². The lowest BCUT2D eigenvalue weighted by Crippen LogP contribution is -2.16. The number of thiophene rings is 1. The van der Waals surface area contributed by atoms with Gasteiger partial charge in [-0.25, -0.2) is 0 Å². The van der Waals surface area contributed by atoms with Crippen LogP contribution in [0.3, 0.4) is 0 Å². The van der Waals surface area contributed by atoms with E-state index in [2.05, 4.69) is 195 Å². The van der Waals surface area contributed by atoms with Crippen molar-refractivity contribution in [3.63, 3.8) is 0 Å². The molecule has 0 aliphatic heterocycles. The molecule has 2 aromatic heterocycles. The van der Waals surface area contributed by atoms with Gasteiger partial charge < -0.3 is 9.32 Å². The maximum atomic E-state index is 6.89. The Labute approximate surface area is 328 Å². The molecule has 0 saturated heterocycles. The van der Waals surface area contributed by atoms with Crippen molar-refractivity contribution in [2.24, 2.45) is 0 Å². The van der Waals surface area contributed by atoms with Gasteiger partial charge in [0, 0.05) is 48.1 Å². The van der Waals surface area contributed by atoms with E-state index in [1.165, 1.54) is 69.7 Å². The topological polar surface area (TPSA) is 16.4 Å². The number of benzene rings is 9.